The molecule has 0 aromatic heterocycles. The Bertz CT molecular complexity index is 793. The summed E-state index contributed by atoms with van der Waals surface area (Å²) in [5.74, 6) is 0.200. The molecule has 0 unspecified atom stereocenters. The minimum Gasteiger partial charge on any atom is -0.352 e. The number of rotatable bonds is 6. The molecule has 4 nitrogen and oxygen atoms in total. The van der Waals surface area contributed by atoms with Crippen LogP contribution >= 0.6 is 0 Å². The molecular formula is C23H28N2O2. The maximum atomic E-state index is 13.3. The monoisotopic (exact) mass is 364 g/mol. The predicted molar refractivity (Wildman–Crippen MR) is 109 cm³/mol. The molecule has 1 aliphatic carbocycles. The van der Waals surface area contributed by atoms with Crippen LogP contribution in [0.4, 0.5) is 5.69 Å². The van der Waals surface area contributed by atoms with Crippen molar-refractivity contribution in [2.24, 2.45) is 5.92 Å². The third kappa shape index (κ3) is 4.21. The van der Waals surface area contributed by atoms with Crippen LogP contribution in [0.25, 0.3) is 0 Å². The van der Waals surface area contributed by atoms with Gasteiger partial charge >= 0.3 is 0 Å². The van der Waals surface area contributed by atoms with E-state index in [1.807, 2.05) is 42.5 Å². The summed E-state index contributed by atoms with van der Waals surface area (Å²) >= 11 is 0. The number of carbonyl (C=O) groups excluding carboxylic acids is 2. The number of para-hydroxylation sites is 1. The standard InChI is InChI=1S/C23H28N2O2/c1-17(2)16-24-21(26)19-12-6-7-13-20(19)25-22(27)23(14-8-9-15-23)18-10-4-3-5-11-18/h3-7,10-13,17H,8-9,14-16H2,1-2H3,(H,24,26)(H,25,27). The molecule has 0 atom stereocenters. The summed E-state index contributed by atoms with van der Waals surface area (Å²) in [4.78, 5) is 25.9. The molecule has 142 valence electrons. The van der Waals surface area contributed by atoms with Crippen molar-refractivity contribution in [3.8, 4) is 0 Å². The highest BCUT2D eigenvalue weighted by atomic mass is 16.2. The number of anilines is 1. The molecule has 2 aromatic carbocycles. The molecule has 2 amide bonds. The minimum atomic E-state index is -0.511. The van der Waals surface area contributed by atoms with Gasteiger partial charge in [0, 0.05) is 6.54 Å². The molecule has 0 bridgehead atoms. The van der Waals surface area contributed by atoms with Gasteiger partial charge in [0.25, 0.3) is 5.91 Å². The van der Waals surface area contributed by atoms with Crippen LogP contribution in [-0.2, 0) is 10.2 Å². The lowest BCUT2D eigenvalue weighted by Crippen LogP contribution is -2.38. The van der Waals surface area contributed by atoms with E-state index in [0.717, 1.165) is 31.2 Å². The second-order valence-corrected chi connectivity index (χ2v) is 7.76. The van der Waals surface area contributed by atoms with Crippen LogP contribution in [0.3, 0.4) is 0 Å². The van der Waals surface area contributed by atoms with Crippen molar-refractivity contribution in [3.63, 3.8) is 0 Å². The first-order valence-corrected chi connectivity index (χ1v) is 9.77. The topological polar surface area (TPSA) is 58.2 Å². The number of benzene rings is 2. The summed E-state index contributed by atoms with van der Waals surface area (Å²) in [5, 5.41) is 5.99. The van der Waals surface area contributed by atoms with Gasteiger partial charge in [0.05, 0.1) is 16.7 Å². The van der Waals surface area contributed by atoms with E-state index in [9.17, 15) is 9.59 Å². The number of carbonyl (C=O) groups is 2. The maximum absolute atomic E-state index is 13.3. The molecule has 1 saturated carbocycles. The van der Waals surface area contributed by atoms with Gasteiger partial charge in [-0.15, -0.1) is 0 Å². The fourth-order valence-electron chi connectivity index (χ4n) is 3.81. The van der Waals surface area contributed by atoms with Crippen molar-refractivity contribution >= 4 is 17.5 Å². The summed E-state index contributed by atoms with van der Waals surface area (Å²) in [7, 11) is 0. The molecule has 1 fully saturated rings. The van der Waals surface area contributed by atoms with Gasteiger partial charge in [-0.3, -0.25) is 9.59 Å². The highest BCUT2D eigenvalue weighted by Crippen LogP contribution is 2.42. The molecule has 27 heavy (non-hydrogen) atoms. The number of hydrogen-bond acceptors (Lipinski definition) is 2. The van der Waals surface area contributed by atoms with Crippen molar-refractivity contribution in [1.29, 1.82) is 0 Å². The summed E-state index contributed by atoms with van der Waals surface area (Å²) in [5.41, 5.74) is 1.63. The molecule has 1 aliphatic rings. The summed E-state index contributed by atoms with van der Waals surface area (Å²) < 4.78 is 0. The van der Waals surface area contributed by atoms with Crippen molar-refractivity contribution in [2.75, 3.05) is 11.9 Å². The normalized spacial score (nSPS) is 15.5. The molecule has 0 heterocycles. The lowest BCUT2D eigenvalue weighted by molar-refractivity contribution is -0.121. The van der Waals surface area contributed by atoms with Gasteiger partial charge in [-0.2, -0.15) is 0 Å². The minimum absolute atomic E-state index is 0.0182. The second kappa shape index (κ2) is 8.38. The first-order valence-electron chi connectivity index (χ1n) is 9.77. The van der Waals surface area contributed by atoms with E-state index in [4.69, 9.17) is 0 Å². The zero-order valence-corrected chi connectivity index (χ0v) is 16.1. The van der Waals surface area contributed by atoms with Crippen LogP contribution < -0.4 is 10.6 Å². The van der Waals surface area contributed by atoms with Crippen LogP contribution in [0.1, 0.15) is 55.5 Å². The highest BCUT2D eigenvalue weighted by molar-refractivity contribution is 6.06. The van der Waals surface area contributed by atoms with Gasteiger partial charge in [-0.05, 0) is 36.5 Å². The molecular weight excluding hydrogens is 336 g/mol. The second-order valence-electron chi connectivity index (χ2n) is 7.76. The van der Waals surface area contributed by atoms with Gasteiger partial charge in [-0.1, -0.05) is 69.2 Å². The predicted octanol–water partition coefficient (Wildman–Crippen LogP) is 4.52. The Morgan fingerprint density at radius 1 is 0.963 bits per heavy atom. The zero-order chi connectivity index (χ0) is 19.3. The SMILES string of the molecule is CC(C)CNC(=O)c1ccccc1NC(=O)C1(c2ccccc2)CCCC1. The lowest BCUT2D eigenvalue weighted by Gasteiger charge is -2.28. The van der Waals surface area contributed by atoms with Crippen molar-refractivity contribution in [1.82, 2.24) is 5.32 Å². The van der Waals surface area contributed by atoms with E-state index < -0.39 is 5.41 Å². The van der Waals surface area contributed by atoms with Crippen LogP contribution in [-0.4, -0.2) is 18.4 Å². The summed E-state index contributed by atoms with van der Waals surface area (Å²) in [6.07, 6.45) is 3.76. The van der Waals surface area contributed by atoms with Gasteiger partial charge in [-0.25, -0.2) is 0 Å². The quantitative estimate of drug-likeness (QED) is 0.791. The van der Waals surface area contributed by atoms with Gasteiger partial charge in [0.1, 0.15) is 0 Å². The first kappa shape index (κ1) is 19.2. The molecule has 2 N–H and O–H groups in total. The van der Waals surface area contributed by atoms with E-state index in [0.29, 0.717) is 23.7 Å². The van der Waals surface area contributed by atoms with E-state index in [-0.39, 0.29) is 11.8 Å². The molecule has 0 saturated heterocycles. The van der Waals surface area contributed by atoms with Gasteiger partial charge < -0.3 is 10.6 Å². The number of hydrogen-bond donors (Lipinski definition) is 2. The van der Waals surface area contributed by atoms with Crippen LogP contribution in [0.5, 0.6) is 0 Å². The Morgan fingerprint density at radius 3 is 2.26 bits per heavy atom. The van der Waals surface area contributed by atoms with Crippen LogP contribution in [0, 0.1) is 5.92 Å². The number of amides is 2. The van der Waals surface area contributed by atoms with E-state index in [2.05, 4.69) is 24.5 Å². The Morgan fingerprint density at radius 2 is 1.59 bits per heavy atom. The maximum Gasteiger partial charge on any atom is 0.253 e. The van der Waals surface area contributed by atoms with Crippen LogP contribution in [0.15, 0.2) is 54.6 Å². The van der Waals surface area contributed by atoms with Crippen molar-refractivity contribution in [3.05, 3.63) is 65.7 Å². The smallest absolute Gasteiger partial charge is 0.253 e. The third-order valence-electron chi connectivity index (χ3n) is 5.31. The van der Waals surface area contributed by atoms with Crippen LogP contribution in [0.2, 0.25) is 0 Å². The average Bonchev–Trinajstić information content (AvgIpc) is 3.18. The van der Waals surface area contributed by atoms with Crippen molar-refractivity contribution in [2.45, 2.75) is 44.9 Å². The molecule has 3 rings (SSSR count). The molecule has 2 aromatic rings. The van der Waals surface area contributed by atoms with Crippen molar-refractivity contribution < 1.29 is 9.59 Å². The third-order valence-corrected chi connectivity index (χ3v) is 5.31. The average molecular weight is 364 g/mol. The molecule has 0 spiro atoms. The summed E-state index contributed by atoms with van der Waals surface area (Å²) in [6.45, 7) is 4.71. The molecule has 0 radical (unpaired) electrons. The fourth-order valence-corrected chi connectivity index (χ4v) is 3.81. The van der Waals surface area contributed by atoms with Gasteiger partial charge in [0.15, 0.2) is 0 Å². The Labute approximate surface area is 161 Å². The Hall–Kier alpha value is -2.62. The highest BCUT2D eigenvalue weighted by Gasteiger charge is 2.42. The molecule has 4 heteroatoms. The Kier molecular flexibility index (Phi) is 5.94. The lowest BCUT2D eigenvalue weighted by atomic mass is 9.78. The largest absolute Gasteiger partial charge is 0.352 e. The first-order chi connectivity index (χ1) is 13.0. The zero-order valence-electron chi connectivity index (χ0n) is 16.1. The van der Waals surface area contributed by atoms with E-state index in [1.54, 1.807) is 12.1 Å². The Balaban J connectivity index is 1.84. The van der Waals surface area contributed by atoms with E-state index >= 15 is 0 Å². The molecule has 0 aliphatic heterocycles. The fraction of sp³-hybridized carbons (Fsp3) is 0.391. The van der Waals surface area contributed by atoms with Gasteiger partial charge in [0.2, 0.25) is 5.91 Å². The summed E-state index contributed by atoms with van der Waals surface area (Å²) in [6, 6.07) is 17.2. The van der Waals surface area contributed by atoms with E-state index in [1.165, 1.54) is 0 Å². The number of nitrogens with one attached hydrogen (secondary N) is 2.